The zero-order valence-corrected chi connectivity index (χ0v) is 9.15. The molecular weight excluding hydrogens is 188 g/mol. The Hall–Kier alpha value is -0.200. The second kappa shape index (κ2) is 10.9. The van der Waals surface area contributed by atoms with Crippen molar-refractivity contribution in [3.63, 3.8) is 0 Å². The second-order valence-corrected chi connectivity index (χ2v) is 2.58. The number of methoxy groups -OCH3 is 3. The Morgan fingerprint density at radius 1 is 0.786 bits per heavy atom. The minimum atomic E-state index is -0.297. The van der Waals surface area contributed by atoms with Crippen LogP contribution in [0.1, 0.15) is 0 Å². The van der Waals surface area contributed by atoms with Crippen molar-refractivity contribution < 1.29 is 23.7 Å². The maximum Gasteiger partial charge on any atom is 0.180 e. The van der Waals surface area contributed by atoms with Crippen LogP contribution < -0.4 is 0 Å². The van der Waals surface area contributed by atoms with Gasteiger partial charge in [-0.05, 0) is 0 Å². The van der Waals surface area contributed by atoms with Gasteiger partial charge in [-0.1, -0.05) is 0 Å². The first-order chi connectivity index (χ1) is 6.85. The predicted octanol–water partition coefficient (Wildman–Crippen LogP) is 0.285. The van der Waals surface area contributed by atoms with Crippen LogP contribution in [0, 0.1) is 0 Å². The highest BCUT2D eigenvalue weighted by Crippen LogP contribution is 1.91. The lowest BCUT2D eigenvalue weighted by Crippen LogP contribution is -2.21. The Labute approximate surface area is 85.2 Å². The van der Waals surface area contributed by atoms with Gasteiger partial charge in [0.05, 0.1) is 33.0 Å². The van der Waals surface area contributed by atoms with E-state index in [4.69, 9.17) is 23.7 Å². The molecule has 0 aromatic heterocycles. The van der Waals surface area contributed by atoms with E-state index in [1.807, 2.05) is 0 Å². The van der Waals surface area contributed by atoms with Gasteiger partial charge in [-0.25, -0.2) is 0 Å². The molecule has 0 spiro atoms. The fraction of sp³-hybridized carbons (Fsp3) is 1.00. The first kappa shape index (κ1) is 13.8. The van der Waals surface area contributed by atoms with E-state index in [0.29, 0.717) is 33.0 Å². The van der Waals surface area contributed by atoms with Gasteiger partial charge in [0.1, 0.15) is 0 Å². The molecule has 5 nitrogen and oxygen atoms in total. The molecule has 0 amide bonds. The summed E-state index contributed by atoms with van der Waals surface area (Å²) < 4.78 is 25.1. The van der Waals surface area contributed by atoms with Crippen molar-refractivity contribution in [3.05, 3.63) is 0 Å². The van der Waals surface area contributed by atoms with Crippen molar-refractivity contribution in [1.29, 1.82) is 0 Å². The molecule has 0 fully saturated rings. The summed E-state index contributed by atoms with van der Waals surface area (Å²) in [6.07, 6.45) is -0.297. The van der Waals surface area contributed by atoms with Gasteiger partial charge < -0.3 is 23.7 Å². The van der Waals surface area contributed by atoms with Crippen LogP contribution in [0.3, 0.4) is 0 Å². The summed E-state index contributed by atoms with van der Waals surface area (Å²) in [4.78, 5) is 0. The van der Waals surface area contributed by atoms with Gasteiger partial charge in [0.15, 0.2) is 6.29 Å². The molecule has 0 aliphatic rings. The molecule has 0 saturated heterocycles. The molecule has 0 heterocycles. The van der Waals surface area contributed by atoms with E-state index in [1.165, 1.54) is 0 Å². The van der Waals surface area contributed by atoms with E-state index in [9.17, 15) is 0 Å². The summed E-state index contributed by atoms with van der Waals surface area (Å²) in [7, 11) is 4.79. The third-order valence-electron chi connectivity index (χ3n) is 1.58. The number of rotatable bonds is 10. The smallest absolute Gasteiger partial charge is 0.180 e. The van der Waals surface area contributed by atoms with Gasteiger partial charge in [0.25, 0.3) is 0 Å². The summed E-state index contributed by atoms with van der Waals surface area (Å²) >= 11 is 0. The van der Waals surface area contributed by atoms with Crippen LogP contribution in [0.25, 0.3) is 0 Å². The van der Waals surface area contributed by atoms with Crippen molar-refractivity contribution in [2.75, 3.05) is 54.4 Å². The van der Waals surface area contributed by atoms with Crippen LogP contribution in [0.4, 0.5) is 0 Å². The van der Waals surface area contributed by atoms with Crippen molar-refractivity contribution in [2.24, 2.45) is 0 Å². The highest BCUT2D eigenvalue weighted by molar-refractivity contribution is 4.38. The SMILES string of the molecule is COCCOCCOCC(OC)OC. The summed E-state index contributed by atoms with van der Waals surface area (Å²) in [5.41, 5.74) is 0. The molecule has 0 N–H and O–H groups in total. The molecular formula is C9H20O5. The zero-order chi connectivity index (χ0) is 10.6. The van der Waals surface area contributed by atoms with Crippen LogP contribution in [-0.2, 0) is 23.7 Å². The van der Waals surface area contributed by atoms with Crippen molar-refractivity contribution in [3.8, 4) is 0 Å². The standard InChI is InChI=1S/C9H20O5/c1-10-4-5-13-6-7-14-8-9(11-2)12-3/h9H,4-8H2,1-3H3. The topological polar surface area (TPSA) is 46.2 Å². The number of hydrogen-bond donors (Lipinski definition) is 0. The number of ether oxygens (including phenoxy) is 5. The minimum Gasteiger partial charge on any atom is -0.382 e. The lowest BCUT2D eigenvalue weighted by atomic mass is 10.6. The monoisotopic (exact) mass is 208 g/mol. The highest BCUT2D eigenvalue weighted by atomic mass is 16.7. The fourth-order valence-corrected chi connectivity index (χ4v) is 0.774. The van der Waals surface area contributed by atoms with Crippen LogP contribution in [0.2, 0.25) is 0 Å². The van der Waals surface area contributed by atoms with Crippen molar-refractivity contribution in [2.45, 2.75) is 6.29 Å². The van der Waals surface area contributed by atoms with Gasteiger partial charge in [-0.15, -0.1) is 0 Å². The van der Waals surface area contributed by atoms with Crippen molar-refractivity contribution in [1.82, 2.24) is 0 Å². The molecule has 0 aliphatic heterocycles. The van der Waals surface area contributed by atoms with E-state index in [0.717, 1.165) is 0 Å². The van der Waals surface area contributed by atoms with Crippen LogP contribution in [-0.4, -0.2) is 60.7 Å². The molecule has 0 aromatic carbocycles. The number of hydrogen-bond acceptors (Lipinski definition) is 5. The maximum absolute atomic E-state index is 5.24. The van der Waals surface area contributed by atoms with Crippen LogP contribution >= 0.6 is 0 Å². The summed E-state index contributed by atoms with van der Waals surface area (Å²) in [6.45, 7) is 2.72. The first-order valence-electron chi connectivity index (χ1n) is 4.55. The molecule has 0 unspecified atom stereocenters. The molecule has 14 heavy (non-hydrogen) atoms. The Bertz CT molecular complexity index is 105. The Balaban J connectivity index is 3.04. The molecule has 0 rings (SSSR count). The lowest BCUT2D eigenvalue weighted by Gasteiger charge is -2.13. The quantitative estimate of drug-likeness (QED) is 0.381. The van der Waals surface area contributed by atoms with Gasteiger partial charge in [-0.3, -0.25) is 0 Å². The average Bonchev–Trinajstić information content (AvgIpc) is 2.22. The normalized spacial score (nSPS) is 11.1. The molecule has 86 valence electrons. The molecule has 5 heteroatoms. The van der Waals surface area contributed by atoms with Gasteiger partial charge in [0.2, 0.25) is 0 Å². The first-order valence-corrected chi connectivity index (χ1v) is 4.55. The molecule has 0 aliphatic carbocycles. The van der Waals surface area contributed by atoms with Crippen LogP contribution in [0.15, 0.2) is 0 Å². The Kier molecular flexibility index (Phi) is 10.7. The predicted molar refractivity (Wildman–Crippen MR) is 51.3 cm³/mol. The molecule has 0 atom stereocenters. The summed E-state index contributed by atoms with van der Waals surface area (Å²) in [5.74, 6) is 0. The Morgan fingerprint density at radius 3 is 1.93 bits per heavy atom. The molecule has 0 bridgehead atoms. The largest absolute Gasteiger partial charge is 0.382 e. The molecule has 0 radical (unpaired) electrons. The third-order valence-corrected chi connectivity index (χ3v) is 1.58. The van der Waals surface area contributed by atoms with Gasteiger partial charge in [-0.2, -0.15) is 0 Å². The van der Waals surface area contributed by atoms with Gasteiger partial charge in [0, 0.05) is 21.3 Å². The fourth-order valence-electron chi connectivity index (χ4n) is 0.774. The molecule has 0 saturated carbocycles. The maximum atomic E-state index is 5.24. The second-order valence-electron chi connectivity index (χ2n) is 2.58. The van der Waals surface area contributed by atoms with Crippen molar-refractivity contribution >= 4 is 0 Å². The van der Waals surface area contributed by atoms with E-state index < -0.39 is 0 Å². The van der Waals surface area contributed by atoms with Crippen LogP contribution in [0.5, 0.6) is 0 Å². The summed E-state index contributed by atoms with van der Waals surface area (Å²) in [6, 6.07) is 0. The van der Waals surface area contributed by atoms with E-state index in [2.05, 4.69) is 0 Å². The summed E-state index contributed by atoms with van der Waals surface area (Å²) in [5, 5.41) is 0. The minimum absolute atomic E-state index is 0.297. The molecule has 0 aromatic rings. The highest BCUT2D eigenvalue weighted by Gasteiger charge is 2.03. The van der Waals surface area contributed by atoms with Gasteiger partial charge >= 0.3 is 0 Å². The zero-order valence-electron chi connectivity index (χ0n) is 9.15. The van der Waals surface area contributed by atoms with E-state index in [1.54, 1.807) is 21.3 Å². The van der Waals surface area contributed by atoms with E-state index in [-0.39, 0.29) is 6.29 Å². The van der Waals surface area contributed by atoms with E-state index >= 15 is 0 Å². The average molecular weight is 208 g/mol. The third kappa shape index (κ3) is 8.40. The lowest BCUT2D eigenvalue weighted by molar-refractivity contribution is -0.143. The Morgan fingerprint density at radius 2 is 1.36 bits per heavy atom.